The molecular formula is C27H32ClN5O5. The lowest BCUT2D eigenvalue weighted by Crippen LogP contribution is -2.60. The highest BCUT2D eigenvalue weighted by Crippen LogP contribution is 2.21. The number of hydrogen-bond acceptors (Lipinski definition) is 7. The Morgan fingerprint density at radius 1 is 1.05 bits per heavy atom. The summed E-state index contributed by atoms with van der Waals surface area (Å²) in [5, 5.41) is 6.18. The molecule has 1 atom stereocenters. The molecule has 11 heteroatoms. The number of hydrogen-bond donors (Lipinski definition) is 2. The third kappa shape index (κ3) is 7.02. The number of halogens is 1. The Labute approximate surface area is 226 Å². The number of ether oxygens (including phenoxy) is 1. The van der Waals surface area contributed by atoms with E-state index in [9.17, 15) is 19.2 Å². The first-order chi connectivity index (χ1) is 18.3. The number of anilines is 2. The summed E-state index contributed by atoms with van der Waals surface area (Å²) in [5.41, 5.74) is 1.91. The van der Waals surface area contributed by atoms with E-state index in [2.05, 4.69) is 20.4 Å². The number of amides is 3. The number of carbonyl (C=O) groups is 4. The Hall–Kier alpha value is -3.63. The second kappa shape index (κ2) is 12.7. The predicted molar refractivity (Wildman–Crippen MR) is 144 cm³/mol. The molecule has 38 heavy (non-hydrogen) atoms. The van der Waals surface area contributed by atoms with Crippen molar-refractivity contribution in [2.75, 3.05) is 62.6 Å². The molecule has 2 aromatic rings. The van der Waals surface area contributed by atoms with Gasteiger partial charge in [-0.25, -0.2) is 4.79 Å². The quantitative estimate of drug-likeness (QED) is 0.492. The predicted octanol–water partition coefficient (Wildman–Crippen LogP) is 1.99. The number of carbonyl (C=O) groups excluding carboxylic acids is 4. The number of nitrogens with one attached hydrogen (secondary N) is 2. The average molecular weight is 542 g/mol. The highest BCUT2D eigenvalue weighted by Gasteiger charge is 2.35. The lowest BCUT2D eigenvalue weighted by Gasteiger charge is -2.39. The van der Waals surface area contributed by atoms with Crippen LogP contribution in [0.5, 0.6) is 0 Å². The van der Waals surface area contributed by atoms with Crippen LogP contribution in [0.3, 0.4) is 0 Å². The maximum Gasteiger partial charge on any atom is 0.338 e. The van der Waals surface area contributed by atoms with E-state index in [1.165, 1.54) is 4.90 Å². The largest absolute Gasteiger partial charge is 0.462 e. The Morgan fingerprint density at radius 3 is 2.47 bits per heavy atom. The molecular weight excluding hydrogens is 510 g/mol. The van der Waals surface area contributed by atoms with Gasteiger partial charge in [-0.15, -0.1) is 0 Å². The van der Waals surface area contributed by atoms with Crippen molar-refractivity contribution < 1.29 is 23.9 Å². The topological polar surface area (TPSA) is 111 Å². The Kier molecular flexibility index (Phi) is 9.19. The molecule has 202 valence electrons. The van der Waals surface area contributed by atoms with Crippen molar-refractivity contribution in [3.05, 3.63) is 59.1 Å². The summed E-state index contributed by atoms with van der Waals surface area (Å²) in [6.45, 7) is 5.80. The van der Waals surface area contributed by atoms with Gasteiger partial charge in [0, 0.05) is 55.7 Å². The fourth-order valence-corrected chi connectivity index (χ4v) is 4.81. The van der Waals surface area contributed by atoms with E-state index in [1.54, 1.807) is 31.2 Å². The third-order valence-corrected chi connectivity index (χ3v) is 6.85. The molecule has 4 rings (SSSR count). The molecule has 0 bridgehead atoms. The lowest BCUT2D eigenvalue weighted by molar-refractivity contribution is -0.145. The second-order valence-electron chi connectivity index (χ2n) is 9.19. The van der Waals surface area contributed by atoms with Crippen LogP contribution in [0.25, 0.3) is 0 Å². The SMILES string of the molecule is CCOC(=O)c1ccc(NC(=O)CC2C(=O)NCCN2C(=O)CN2CCN(c3cccc(Cl)c3)CC2)cc1. The van der Waals surface area contributed by atoms with Crippen LogP contribution in [-0.2, 0) is 19.1 Å². The zero-order valence-electron chi connectivity index (χ0n) is 21.3. The van der Waals surface area contributed by atoms with Crippen molar-refractivity contribution in [2.45, 2.75) is 19.4 Å². The van der Waals surface area contributed by atoms with E-state index in [1.807, 2.05) is 24.3 Å². The minimum atomic E-state index is -0.886. The van der Waals surface area contributed by atoms with Crippen LogP contribution in [0, 0.1) is 0 Å². The highest BCUT2D eigenvalue weighted by atomic mass is 35.5. The molecule has 0 aromatic heterocycles. The first-order valence-electron chi connectivity index (χ1n) is 12.7. The summed E-state index contributed by atoms with van der Waals surface area (Å²) in [5.74, 6) is -1.36. The molecule has 2 heterocycles. The van der Waals surface area contributed by atoms with Gasteiger partial charge in [0.1, 0.15) is 6.04 Å². The van der Waals surface area contributed by atoms with Gasteiger partial charge in [-0.05, 0) is 49.4 Å². The Bertz CT molecular complexity index is 1170. The zero-order valence-corrected chi connectivity index (χ0v) is 22.1. The first kappa shape index (κ1) is 27.4. The van der Waals surface area contributed by atoms with Crippen molar-refractivity contribution in [1.82, 2.24) is 15.1 Å². The summed E-state index contributed by atoms with van der Waals surface area (Å²) in [7, 11) is 0. The van der Waals surface area contributed by atoms with Crippen molar-refractivity contribution in [3.8, 4) is 0 Å². The number of piperazine rings is 2. The van der Waals surface area contributed by atoms with Crippen LogP contribution in [0.4, 0.5) is 11.4 Å². The van der Waals surface area contributed by atoms with Gasteiger partial charge in [-0.1, -0.05) is 17.7 Å². The summed E-state index contributed by atoms with van der Waals surface area (Å²) in [6, 6.07) is 13.1. The normalized spacial score (nSPS) is 18.1. The summed E-state index contributed by atoms with van der Waals surface area (Å²) in [6.07, 6.45) is -0.167. The highest BCUT2D eigenvalue weighted by molar-refractivity contribution is 6.30. The lowest BCUT2D eigenvalue weighted by atomic mass is 10.1. The fraction of sp³-hybridized carbons (Fsp3) is 0.407. The van der Waals surface area contributed by atoms with Gasteiger partial charge in [0.2, 0.25) is 17.7 Å². The summed E-state index contributed by atoms with van der Waals surface area (Å²) < 4.78 is 4.96. The van der Waals surface area contributed by atoms with E-state index in [0.717, 1.165) is 18.8 Å². The van der Waals surface area contributed by atoms with Crippen LogP contribution < -0.4 is 15.5 Å². The van der Waals surface area contributed by atoms with E-state index < -0.39 is 17.9 Å². The molecule has 1 unspecified atom stereocenters. The van der Waals surface area contributed by atoms with Crippen molar-refractivity contribution in [3.63, 3.8) is 0 Å². The number of rotatable bonds is 8. The molecule has 3 amide bonds. The molecule has 2 fully saturated rings. The molecule has 2 aliphatic heterocycles. The maximum absolute atomic E-state index is 13.2. The van der Waals surface area contributed by atoms with Gasteiger partial charge in [-0.2, -0.15) is 0 Å². The zero-order chi connectivity index (χ0) is 27.1. The minimum absolute atomic E-state index is 0.167. The van der Waals surface area contributed by atoms with Gasteiger partial charge in [0.15, 0.2) is 0 Å². The number of nitrogens with zero attached hydrogens (tertiary/aromatic N) is 3. The van der Waals surface area contributed by atoms with Crippen molar-refractivity contribution in [1.29, 1.82) is 0 Å². The van der Waals surface area contributed by atoms with E-state index in [0.29, 0.717) is 42.5 Å². The molecule has 2 N–H and O–H groups in total. The standard InChI is InChI=1S/C27H32ClN5O5/c1-2-38-27(37)19-6-8-21(9-7-19)30-24(34)17-23-26(36)29-10-11-33(23)25(35)18-31-12-14-32(15-13-31)22-5-3-4-20(28)16-22/h3-9,16,23H,2,10-15,17-18H2,1H3,(H,29,36)(H,30,34). The van der Waals surface area contributed by atoms with Crippen molar-refractivity contribution >= 4 is 46.7 Å². The number of benzene rings is 2. The van der Waals surface area contributed by atoms with Crippen molar-refractivity contribution in [2.24, 2.45) is 0 Å². The molecule has 0 spiro atoms. The van der Waals surface area contributed by atoms with E-state index in [4.69, 9.17) is 16.3 Å². The Morgan fingerprint density at radius 2 is 1.79 bits per heavy atom. The summed E-state index contributed by atoms with van der Waals surface area (Å²) in [4.78, 5) is 56.2. The van der Waals surface area contributed by atoms with Crippen LogP contribution in [0.2, 0.25) is 5.02 Å². The smallest absolute Gasteiger partial charge is 0.338 e. The average Bonchev–Trinajstić information content (AvgIpc) is 2.91. The van der Waals surface area contributed by atoms with Gasteiger partial charge in [0.25, 0.3) is 0 Å². The van der Waals surface area contributed by atoms with Gasteiger partial charge in [-0.3, -0.25) is 19.3 Å². The van der Waals surface area contributed by atoms with Gasteiger partial charge >= 0.3 is 5.97 Å². The minimum Gasteiger partial charge on any atom is -0.462 e. The van der Waals surface area contributed by atoms with Crippen LogP contribution in [0.1, 0.15) is 23.7 Å². The Balaban J connectivity index is 1.31. The molecule has 2 aromatic carbocycles. The fourth-order valence-electron chi connectivity index (χ4n) is 4.63. The van der Waals surface area contributed by atoms with E-state index in [-0.39, 0.29) is 31.4 Å². The van der Waals surface area contributed by atoms with Gasteiger partial charge < -0.3 is 25.2 Å². The van der Waals surface area contributed by atoms with E-state index >= 15 is 0 Å². The molecule has 2 saturated heterocycles. The van der Waals surface area contributed by atoms with Crippen LogP contribution in [0.15, 0.2) is 48.5 Å². The molecule has 0 aliphatic carbocycles. The molecule has 0 saturated carbocycles. The molecule has 2 aliphatic rings. The van der Waals surface area contributed by atoms with Crippen LogP contribution >= 0.6 is 11.6 Å². The van der Waals surface area contributed by atoms with Gasteiger partial charge in [0.05, 0.1) is 25.1 Å². The van der Waals surface area contributed by atoms with Crippen LogP contribution in [-0.4, -0.2) is 92.0 Å². The second-order valence-corrected chi connectivity index (χ2v) is 9.62. The monoisotopic (exact) mass is 541 g/mol. The summed E-state index contributed by atoms with van der Waals surface area (Å²) >= 11 is 6.12. The third-order valence-electron chi connectivity index (χ3n) is 6.61. The first-order valence-corrected chi connectivity index (χ1v) is 13.1. The molecule has 10 nitrogen and oxygen atoms in total. The number of esters is 1. The maximum atomic E-state index is 13.2. The molecule has 0 radical (unpaired) electrons.